The number of amides is 1. The number of aromatic nitrogens is 1. The van der Waals surface area contributed by atoms with E-state index in [0.717, 1.165) is 18.3 Å². The molecule has 2 heterocycles. The predicted molar refractivity (Wildman–Crippen MR) is 154 cm³/mol. The summed E-state index contributed by atoms with van der Waals surface area (Å²) in [6.45, 7) is 1.46. The zero-order valence-electron chi connectivity index (χ0n) is 24.3. The molecule has 1 amide bonds. The first-order valence-corrected chi connectivity index (χ1v) is 15.6. The molecule has 0 radical (unpaired) electrons. The number of anilines is 1. The van der Waals surface area contributed by atoms with Gasteiger partial charge in [0.15, 0.2) is 9.84 Å². The summed E-state index contributed by atoms with van der Waals surface area (Å²) in [4.78, 5) is 18.8. The topological polar surface area (TPSA) is 118 Å². The van der Waals surface area contributed by atoms with Crippen molar-refractivity contribution in [1.29, 1.82) is 0 Å². The summed E-state index contributed by atoms with van der Waals surface area (Å²) in [6, 6.07) is 11.7. The first-order chi connectivity index (χ1) is 21.1. The highest BCUT2D eigenvalue weighted by molar-refractivity contribution is 7.91. The van der Waals surface area contributed by atoms with Gasteiger partial charge in [-0.1, -0.05) is 6.92 Å². The van der Waals surface area contributed by atoms with Crippen LogP contribution in [0.1, 0.15) is 47.9 Å². The fourth-order valence-corrected chi connectivity index (χ4v) is 5.62. The molecule has 45 heavy (non-hydrogen) atoms. The predicted octanol–water partition coefficient (Wildman–Crippen LogP) is 5.01. The van der Waals surface area contributed by atoms with Gasteiger partial charge in [-0.2, -0.15) is 22.0 Å². The van der Waals surface area contributed by atoms with Crippen LogP contribution in [0, 0.1) is 0 Å². The van der Waals surface area contributed by atoms with Crippen LogP contribution in [0.3, 0.4) is 0 Å². The monoisotopic (exact) mass is 657 g/mol. The lowest BCUT2D eigenvalue weighted by molar-refractivity contribution is -0.225. The molecule has 15 heteroatoms. The van der Waals surface area contributed by atoms with Crippen LogP contribution in [0.5, 0.6) is 5.75 Å². The molecule has 244 valence electrons. The Balaban J connectivity index is 1.45. The summed E-state index contributed by atoms with van der Waals surface area (Å²) in [5.41, 5.74) is 0.202. The highest BCUT2D eigenvalue weighted by Crippen LogP contribution is 2.33. The van der Waals surface area contributed by atoms with Gasteiger partial charge in [0.2, 0.25) is 0 Å². The number of nitrogens with zero attached hydrogens (tertiary/aromatic N) is 2. The van der Waals surface area contributed by atoms with Gasteiger partial charge in [0.05, 0.1) is 53.7 Å². The summed E-state index contributed by atoms with van der Waals surface area (Å²) in [6.07, 6.45) is -7.04. The van der Waals surface area contributed by atoms with Crippen molar-refractivity contribution in [3.8, 4) is 5.75 Å². The summed E-state index contributed by atoms with van der Waals surface area (Å²) < 4.78 is 100. The fraction of sp³-hybridized carbons (Fsp3) is 0.400. The molecule has 0 saturated carbocycles. The minimum absolute atomic E-state index is 0.0210. The molecule has 1 unspecified atom stereocenters. The van der Waals surface area contributed by atoms with Crippen LogP contribution < -0.4 is 15.0 Å². The maximum absolute atomic E-state index is 13.5. The van der Waals surface area contributed by atoms with E-state index in [9.17, 15) is 40.3 Å². The second kappa shape index (κ2) is 13.7. The standard InChI is InChI=1S/C30H32F5N3O6S/c1-3-45(41,42)25-12-13-26(36-15-25)27(17-39)37-28(40)19-4-8-21(9-5-19)38-16-24(14-22(38)18-43-29(2,31)32)44-23-10-6-20(7-11-23)30(33,34)35/h4-13,15,22,24,27,39H,3,14,16-18H2,1-2H3,(H,37,40)/t22-,24?,27-/m0/s1. The van der Waals surface area contributed by atoms with Gasteiger partial charge in [-0.05, 0) is 60.7 Å². The number of benzene rings is 2. The van der Waals surface area contributed by atoms with Crippen molar-refractivity contribution in [3.05, 3.63) is 83.7 Å². The molecular formula is C30H32F5N3O6S. The third kappa shape index (κ3) is 8.89. The maximum atomic E-state index is 13.5. The third-order valence-corrected chi connectivity index (χ3v) is 8.91. The van der Waals surface area contributed by atoms with Crippen molar-refractivity contribution in [2.24, 2.45) is 0 Å². The number of alkyl halides is 5. The van der Waals surface area contributed by atoms with Crippen molar-refractivity contribution in [2.45, 2.75) is 55.6 Å². The van der Waals surface area contributed by atoms with E-state index in [2.05, 4.69) is 10.3 Å². The average Bonchev–Trinajstić information content (AvgIpc) is 3.40. The SMILES string of the molecule is CCS(=O)(=O)c1ccc([C@H](CO)NC(=O)c2ccc(N3CC(Oc4ccc(C(F)(F)F)cc4)C[C@H]3COC(C)(F)F)cc2)nc1. The van der Waals surface area contributed by atoms with Gasteiger partial charge in [0.25, 0.3) is 5.91 Å². The number of nitrogens with one attached hydrogen (secondary N) is 1. The van der Waals surface area contributed by atoms with Gasteiger partial charge in [-0.3, -0.25) is 9.78 Å². The Bertz CT molecular complexity index is 1550. The van der Waals surface area contributed by atoms with Gasteiger partial charge in [0.1, 0.15) is 11.9 Å². The Labute approximate surface area is 256 Å². The lowest BCUT2D eigenvalue weighted by Crippen LogP contribution is -2.35. The quantitative estimate of drug-likeness (QED) is 0.261. The minimum Gasteiger partial charge on any atom is -0.489 e. The number of rotatable bonds is 12. The Morgan fingerprint density at radius 3 is 2.27 bits per heavy atom. The zero-order valence-corrected chi connectivity index (χ0v) is 25.1. The number of hydrogen-bond donors (Lipinski definition) is 2. The first-order valence-electron chi connectivity index (χ1n) is 13.9. The number of aliphatic hydroxyl groups excluding tert-OH is 1. The molecule has 1 saturated heterocycles. The Kier molecular flexibility index (Phi) is 10.3. The molecule has 3 atom stereocenters. The number of aliphatic hydroxyl groups is 1. The van der Waals surface area contributed by atoms with Crippen molar-refractivity contribution < 1.29 is 49.7 Å². The van der Waals surface area contributed by atoms with E-state index in [-0.39, 0.29) is 47.2 Å². The Morgan fingerprint density at radius 2 is 1.73 bits per heavy atom. The fourth-order valence-electron chi connectivity index (χ4n) is 4.80. The number of sulfone groups is 1. The molecule has 0 bridgehead atoms. The largest absolute Gasteiger partial charge is 0.489 e. The van der Waals surface area contributed by atoms with Crippen LogP contribution in [0.4, 0.5) is 27.6 Å². The molecule has 3 aromatic rings. The Morgan fingerprint density at radius 1 is 1.07 bits per heavy atom. The number of ether oxygens (including phenoxy) is 2. The van der Waals surface area contributed by atoms with Crippen LogP contribution in [-0.2, 0) is 20.8 Å². The summed E-state index contributed by atoms with van der Waals surface area (Å²) in [7, 11) is -3.47. The van der Waals surface area contributed by atoms with Crippen LogP contribution in [0.25, 0.3) is 0 Å². The second-order valence-electron chi connectivity index (χ2n) is 10.5. The average molecular weight is 658 g/mol. The normalized spacial score (nSPS) is 18.1. The van der Waals surface area contributed by atoms with E-state index in [1.807, 2.05) is 0 Å². The number of halogens is 5. The van der Waals surface area contributed by atoms with Gasteiger partial charge in [0, 0.05) is 30.8 Å². The van der Waals surface area contributed by atoms with Gasteiger partial charge in [-0.15, -0.1) is 0 Å². The third-order valence-electron chi connectivity index (χ3n) is 7.19. The van der Waals surface area contributed by atoms with Gasteiger partial charge < -0.3 is 24.8 Å². The van der Waals surface area contributed by atoms with Crippen molar-refractivity contribution in [3.63, 3.8) is 0 Å². The maximum Gasteiger partial charge on any atom is 0.416 e. The molecule has 1 aliphatic rings. The highest BCUT2D eigenvalue weighted by Gasteiger charge is 2.36. The smallest absolute Gasteiger partial charge is 0.416 e. The molecule has 1 aromatic heterocycles. The molecule has 9 nitrogen and oxygen atoms in total. The van der Waals surface area contributed by atoms with E-state index in [1.165, 1.54) is 43.3 Å². The van der Waals surface area contributed by atoms with Crippen molar-refractivity contribution in [1.82, 2.24) is 10.3 Å². The van der Waals surface area contributed by atoms with Crippen LogP contribution >= 0.6 is 0 Å². The summed E-state index contributed by atoms with van der Waals surface area (Å²) in [5.74, 6) is -0.465. The second-order valence-corrected chi connectivity index (χ2v) is 12.8. The van der Waals surface area contributed by atoms with Crippen molar-refractivity contribution in [2.75, 3.05) is 30.4 Å². The number of pyridine rings is 1. The lowest BCUT2D eigenvalue weighted by atomic mass is 10.1. The summed E-state index contributed by atoms with van der Waals surface area (Å²) in [5, 5.41) is 12.5. The number of carbonyl (C=O) groups is 1. The molecule has 4 rings (SSSR count). The molecule has 2 aromatic carbocycles. The number of carbonyl (C=O) groups excluding carboxylic acids is 1. The van der Waals surface area contributed by atoms with Crippen LogP contribution in [0.15, 0.2) is 71.8 Å². The molecule has 0 spiro atoms. The molecule has 1 aliphatic heterocycles. The van der Waals surface area contributed by atoms with Crippen LogP contribution in [0.2, 0.25) is 0 Å². The van der Waals surface area contributed by atoms with E-state index < -0.39 is 58.4 Å². The van der Waals surface area contributed by atoms with E-state index in [1.54, 1.807) is 17.0 Å². The van der Waals surface area contributed by atoms with Crippen LogP contribution in [-0.4, -0.2) is 68.2 Å². The molecule has 2 N–H and O–H groups in total. The molecule has 0 aliphatic carbocycles. The van der Waals surface area contributed by atoms with Crippen molar-refractivity contribution >= 4 is 21.4 Å². The van der Waals surface area contributed by atoms with Gasteiger partial charge >= 0.3 is 12.3 Å². The number of hydrogen-bond acceptors (Lipinski definition) is 8. The van der Waals surface area contributed by atoms with E-state index in [4.69, 9.17) is 9.47 Å². The molecule has 1 fully saturated rings. The minimum atomic E-state index is -4.50. The van der Waals surface area contributed by atoms with Gasteiger partial charge in [-0.25, -0.2) is 8.42 Å². The van der Waals surface area contributed by atoms with E-state index >= 15 is 0 Å². The Hall–Kier alpha value is -3.82. The first kappa shape index (κ1) is 34.1. The summed E-state index contributed by atoms with van der Waals surface area (Å²) >= 11 is 0. The highest BCUT2D eigenvalue weighted by atomic mass is 32.2. The molecular weight excluding hydrogens is 625 g/mol. The zero-order chi connectivity index (χ0) is 33.0. The van der Waals surface area contributed by atoms with E-state index in [0.29, 0.717) is 12.6 Å². The lowest BCUT2D eigenvalue weighted by Gasteiger charge is -2.27.